The number of carbonyl (C=O) groups excluding carboxylic acids is 1. The molecule has 0 atom stereocenters. The highest BCUT2D eigenvalue weighted by molar-refractivity contribution is 7.99. The zero-order valence-electron chi connectivity index (χ0n) is 19.0. The van der Waals surface area contributed by atoms with E-state index in [9.17, 15) is 18.8 Å². The quantitative estimate of drug-likeness (QED) is 0.298. The molecule has 0 bridgehead atoms. The largest absolute Gasteiger partial charge is 0.378 e. The lowest BCUT2D eigenvalue weighted by Crippen LogP contribution is -2.36. The number of anilines is 1. The van der Waals surface area contributed by atoms with Gasteiger partial charge in [0.15, 0.2) is 0 Å². The number of benzene rings is 2. The number of alkyl halides is 2. The van der Waals surface area contributed by atoms with Crippen molar-refractivity contribution in [2.75, 3.05) is 31.6 Å². The number of ether oxygens (including phenoxy) is 1. The van der Waals surface area contributed by atoms with Crippen LogP contribution in [0.3, 0.4) is 0 Å². The number of allylic oxidation sites excluding steroid dienone is 3. The van der Waals surface area contributed by atoms with E-state index in [0.717, 1.165) is 42.8 Å². The summed E-state index contributed by atoms with van der Waals surface area (Å²) in [5.74, 6) is -3.04. The Morgan fingerprint density at radius 2 is 1.80 bits per heavy atom. The number of halogens is 2. The van der Waals surface area contributed by atoms with E-state index in [2.05, 4.69) is 28.4 Å². The summed E-state index contributed by atoms with van der Waals surface area (Å²) >= 11 is 0.438. The molecule has 180 valence electrons. The topological polar surface area (TPSA) is 65.4 Å². The van der Waals surface area contributed by atoms with Crippen LogP contribution in [0.5, 0.6) is 0 Å². The van der Waals surface area contributed by atoms with E-state index in [1.54, 1.807) is 18.2 Å². The average Bonchev–Trinajstić information content (AvgIpc) is 3.26. The van der Waals surface area contributed by atoms with E-state index >= 15 is 0 Å². The Bertz CT molecular complexity index is 1180. The van der Waals surface area contributed by atoms with Crippen molar-refractivity contribution in [3.8, 4) is 6.07 Å². The molecule has 1 heterocycles. The summed E-state index contributed by atoms with van der Waals surface area (Å²) in [5.41, 5.74) is 4.72. The number of nitriles is 1. The number of carbonyl (C=O) groups is 1. The second kappa shape index (κ2) is 11.8. The van der Waals surface area contributed by atoms with Gasteiger partial charge in [-0.3, -0.25) is 4.79 Å². The second-order valence-electron chi connectivity index (χ2n) is 8.08. The summed E-state index contributed by atoms with van der Waals surface area (Å²) in [6, 6.07) is 18.2. The molecule has 5 nitrogen and oxygen atoms in total. The first-order chi connectivity index (χ1) is 17.0. The van der Waals surface area contributed by atoms with Crippen LogP contribution < -0.4 is 5.32 Å². The molecular formula is C27H25F2N3O2S. The molecule has 0 unspecified atom stereocenters. The normalized spacial score (nSPS) is 17.7. The van der Waals surface area contributed by atoms with E-state index in [-0.39, 0.29) is 5.57 Å². The van der Waals surface area contributed by atoms with Crippen LogP contribution in [0, 0.1) is 11.3 Å². The lowest BCUT2D eigenvalue weighted by atomic mass is 10.1. The summed E-state index contributed by atoms with van der Waals surface area (Å²) in [7, 11) is 0. The second-order valence-corrected chi connectivity index (χ2v) is 9.14. The van der Waals surface area contributed by atoms with Gasteiger partial charge in [0.2, 0.25) is 0 Å². The maximum atomic E-state index is 12.9. The fraction of sp³-hybridized carbons (Fsp3) is 0.259. The fourth-order valence-corrected chi connectivity index (χ4v) is 4.68. The molecule has 35 heavy (non-hydrogen) atoms. The molecule has 0 spiro atoms. The molecule has 0 aromatic heterocycles. The van der Waals surface area contributed by atoms with Crippen molar-refractivity contribution in [2.45, 2.75) is 23.5 Å². The van der Waals surface area contributed by atoms with Crippen molar-refractivity contribution in [2.24, 2.45) is 0 Å². The molecule has 0 saturated carbocycles. The van der Waals surface area contributed by atoms with Crippen LogP contribution in [0.2, 0.25) is 0 Å². The smallest absolute Gasteiger partial charge is 0.288 e. The maximum absolute atomic E-state index is 12.9. The summed E-state index contributed by atoms with van der Waals surface area (Å²) in [6.45, 7) is 2.75. The average molecular weight is 494 g/mol. The third-order valence-corrected chi connectivity index (χ3v) is 6.48. The van der Waals surface area contributed by atoms with E-state index in [1.807, 2.05) is 24.3 Å². The number of hydrogen-bond donors (Lipinski definition) is 1. The number of thioether (sulfide) groups is 1. The van der Waals surface area contributed by atoms with Gasteiger partial charge in [0.25, 0.3) is 11.7 Å². The van der Waals surface area contributed by atoms with Gasteiger partial charge in [0, 0.05) is 29.4 Å². The van der Waals surface area contributed by atoms with Crippen LogP contribution >= 0.6 is 11.8 Å². The minimum atomic E-state index is -2.51. The van der Waals surface area contributed by atoms with Gasteiger partial charge in [0.1, 0.15) is 11.6 Å². The van der Waals surface area contributed by atoms with Gasteiger partial charge in [-0.1, -0.05) is 42.1 Å². The summed E-state index contributed by atoms with van der Waals surface area (Å²) in [4.78, 5) is 15.5. The first-order valence-corrected chi connectivity index (χ1v) is 12.2. The molecule has 2 aliphatic rings. The van der Waals surface area contributed by atoms with Crippen molar-refractivity contribution in [3.05, 3.63) is 88.7 Å². The van der Waals surface area contributed by atoms with E-state index in [0.29, 0.717) is 35.6 Å². The zero-order valence-corrected chi connectivity index (χ0v) is 19.9. The molecular weight excluding hydrogens is 468 g/mol. The third-order valence-electron chi connectivity index (χ3n) is 5.76. The number of nitrogens with zero attached hydrogens (tertiary/aromatic N) is 2. The van der Waals surface area contributed by atoms with Crippen molar-refractivity contribution in [1.82, 2.24) is 4.90 Å². The maximum Gasteiger partial charge on any atom is 0.288 e. The number of amides is 1. The molecule has 8 heteroatoms. The van der Waals surface area contributed by atoms with Crippen LogP contribution in [0.1, 0.15) is 18.4 Å². The molecule has 1 amide bonds. The Morgan fingerprint density at radius 1 is 1.09 bits per heavy atom. The van der Waals surface area contributed by atoms with Gasteiger partial charge in [0.05, 0.1) is 13.2 Å². The Kier molecular flexibility index (Phi) is 8.35. The highest BCUT2D eigenvalue weighted by atomic mass is 32.2. The predicted molar refractivity (Wildman–Crippen MR) is 134 cm³/mol. The fourth-order valence-electron chi connectivity index (χ4n) is 4.18. The van der Waals surface area contributed by atoms with Gasteiger partial charge < -0.3 is 15.0 Å². The lowest BCUT2D eigenvalue weighted by molar-refractivity contribution is -0.112. The van der Waals surface area contributed by atoms with Gasteiger partial charge in [-0.2, -0.15) is 14.0 Å². The molecule has 4 rings (SSSR count). The summed E-state index contributed by atoms with van der Waals surface area (Å²) < 4.78 is 30.6. The van der Waals surface area contributed by atoms with Crippen molar-refractivity contribution in [1.29, 1.82) is 5.26 Å². The van der Waals surface area contributed by atoms with Crippen molar-refractivity contribution in [3.63, 3.8) is 0 Å². The first-order valence-electron chi connectivity index (χ1n) is 11.3. The van der Waals surface area contributed by atoms with Crippen molar-refractivity contribution >= 4 is 29.4 Å². The van der Waals surface area contributed by atoms with Gasteiger partial charge >= 0.3 is 0 Å². The summed E-state index contributed by atoms with van der Waals surface area (Å²) in [6.07, 6.45) is 5.38. The van der Waals surface area contributed by atoms with Crippen LogP contribution in [0.4, 0.5) is 14.5 Å². The van der Waals surface area contributed by atoms with E-state index in [4.69, 9.17) is 4.74 Å². The number of nitrogens with one attached hydrogen (secondary N) is 1. The monoisotopic (exact) mass is 493 g/mol. The minimum absolute atomic E-state index is 0.00208. The van der Waals surface area contributed by atoms with Crippen LogP contribution in [-0.4, -0.2) is 42.9 Å². The molecule has 2 aromatic carbocycles. The Morgan fingerprint density at radius 3 is 2.46 bits per heavy atom. The molecule has 1 N–H and O–H groups in total. The minimum Gasteiger partial charge on any atom is -0.378 e. The zero-order chi connectivity index (χ0) is 24.6. The highest BCUT2D eigenvalue weighted by Crippen LogP contribution is 2.37. The Labute approximate surface area is 207 Å². The molecule has 1 fully saturated rings. The summed E-state index contributed by atoms with van der Waals surface area (Å²) in [5, 5.41) is 12.4. The van der Waals surface area contributed by atoms with Gasteiger partial charge in [-0.15, -0.1) is 0 Å². The standard InChI is InChI=1S/C27H25F2N3O2S/c28-27(29)35-24-10-8-23(9-11-24)31-26(33)22(18-30)17-21-7-6-20(16-19-4-2-1-3-5-19)25(21)32-12-14-34-15-13-32/h1-5,8-11,16-17,27H,6-7,12-15H2,(H,31,33)/b20-16-,22-17+. The third kappa shape index (κ3) is 6.59. The first kappa shape index (κ1) is 24.7. The molecule has 1 aliphatic carbocycles. The number of rotatable bonds is 7. The number of morpholine rings is 1. The molecule has 2 aromatic rings. The van der Waals surface area contributed by atoms with Crippen molar-refractivity contribution < 1.29 is 18.3 Å². The van der Waals surface area contributed by atoms with Crippen LogP contribution in [0.25, 0.3) is 6.08 Å². The molecule has 1 aliphatic heterocycles. The van der Waals surface area contributed by atoms with Crippen LogP contribution in [0.15, 0.2) is 88.0 Å². The van der Waals surface area contributed by atoms with Gasteiger partial charge in [-0.05, 0) is 66.0 Å². The predicted octanol–water partition coefficient (Wildman–Crippen LogP) is 5.85. The Balaban J connectivity index is 1.60. The Hall–Kier alpha value is -3.41. The van der Waals surface area contributed by atoms with E-state index in [1.165, 1.54) is 17.7 Å². The molecule has 1 saturated heterocycles. The van der Waals surface area contributed by atoms with Gasteiger partial charge in [-0.25, -0.2) is 0 Å². The highest BCUT2D eigenvalue weighted by Gasteiger charge is 2.26. The van der Waals surface area contributed by atoms with E-state index < -0.39 is 11.7 Å². The SMILES string of the molecule is N#C/C(=C\C1=C(N2CCOCC2)C(=C\c2ccccc2)/CC1)C(=O)Nc1ccc(SC(F)F)cc1. The lowest BCUT2D eigenvalue weighted by Gasteiger charge is -2.31. The molecule has 0 radical (unpaired) electrons. The van der Waals surface area contributed by atoms with Crippen LogP contribution in [-0.2, 0) is 9.53 Å². The number of hydrogen-bond acceptors (Lipinski definition) is 5.